The lowest BCUT2D eigenvalue weighted by molar-refractivity contribution is 0.287. The average molecular weight is 410 g/mol. The Hall–Kier alpha value is -3.97. The fourth-order valence-corrected chi connectivity index (χ4v) is 3.72. The lowest BCUT2D eigenvalue weighted by Crippen LogP contribution is -2.30. The van der Waals surface area contributed by atoms with Gasteiger partial charge in [0, 0.05) is 46.5 Å². The maximum absolute atomic E-state index is 6.34. The molecular formula is C24H22N6O. The predicted octanol–water partition coefficient (Wildman–Crippen LogP) is 3.70. The molecule has 0 unspecified atom stereocenters. The molecule has 5 N–H and O–H groups in total. The van der Waals surface area contributed by atoms with E-state index >= 15 is 0 Å². The van der Waals surface area contributed by atoms with Crippen LogP contribution in [0.1, 0.15) is 5.56 Å². The van der Waals surface area contributed by atoms with E-state index in [0.29, 0.717) is 12.4 Å². The van der Waals surface area contributed by atoms with E-state index in [0.717, 1.165) is 34.0 Å². The van der Waals surface area contributed by atoms with E-state index < -0.39 is 0 Å². The summed E-state index contributed by atoms with van der Waals surface area (Å²) in [4.78, 5) is 15.9. The molecule has 1 atom stereocenters. The summed E-state index contributed by atoms with van der Waals surface area (Å²) in [5.41, 5.74) is 17.1. The molecule has 0 radical (unpaired) electrons. The van der Waals surface area contributed by atoms with E-state index in [9.17, 15) is 0 Å². The number of nitrogen functional groups attached to an aromatic ring is 1. The van der Waals surface area contributed by atoms with Crippen molar-refractivity contribution in [2.24, 2.45) is 5.73 Å². The molecule has 0 saturated carbocycles. The Labute approximate surface area is 179 Å². The Bertz CT molecular complexity index is 1360. The molecular weight excluding hydrogens is 388 g/mol. The minimum absolute atomic E-state index is 0.136. The SMILES string of the molecule is Nc1ncc2ccc(-c3cncc(OC[C@@H](N)Cc4c[nH]c5ccccc45)c3)cc2n1. The van der Waals surface area contributed by atoms with Gasteiger partial charge in [-0.3, -0.25) is 4.98 Å². The van der Waals surface area contributed by atoms with Crippen LogP contribution < -0.4 is 16.2 Å². The summed E-state index contributed by atoms with van der Waals surface area (Å²) in [5.74, 6) is 0.929. The van der Waals surface area contributed by atoms with Crippen molar-refractivity contribution in [1.82, 2.24) is 19.9 Å². The van der Waals surface area contributed by atoms with Gasteiger partial charge in [0.05, 0.1) is 11.7 Å². The first kappa shape index (κ1) is 19.0. The lowest BCUT2D eigenvalue weighted by atomic mass is 10.1. The highest BCUT2D eigenvalue weighted by molar-refractivity contribution is 5.84. The van der Waals surface area contributed by atoms with E-state index in [2.05, 4.69) is 32.1 Å². The number of nitrogens with one attached hydrogen (secondary N) is 1. The number of nitrogens with two attached hydrogens (primary N) is 2. The first-order valence-corrected chi connectivity index (χ1v) is 10.1. The van der Waals surface area contributed by atoms with Crippen LogP contribution in [-0.2, 0) is 6.42 Å². The quantitative estimate of drug-likeness (QED) is 0.393. The molecule has 0 spiro atoms. The van der Waals surface area contributed by atoms with Crippen molar-refractivity contribution in [1.29, 1.82) is 0 Å². The number of rotatable bonds is 6. The molecule has 0 saturated heterocycles. The molecule has 0 amide bonds. The number of H-pyrrole nitrogens is 1. The number of ether oxygens (including phenoxy) is 1. The van der Waals surface area contributed by atoms with E-state index in [1.165, 1.54) is 10.9 Å². The molecule has 0 aliphatic carbocycles. The third kappa shape index (κ3) is 4.04. The zero-order chi connectivity index (χ0) is 21.2. The molecule has 0 bridgehead atoms. The summed E-state index contributed by atoms with van der Waals surface area (Å²) in [6, 6.07) is 16.0. The average Bonchev–Trinajstić information content (AvgIpc) is 3.20. The van der Waals surface area contributed by atoms with Gasteiger partial charge in [0.1, 0.15) is 12.4 Å². The summed E-state index contributed by atoms with van der Waals surface area (Å²) in [7, 11) is 0. The van der Waals surface area contributed by atoms with Crippen molar-refractivity contribution in [3.63, 3.8) is 0 Å². The molecule has 7 heteroatoms. The van der Waals surface area contributed by atoms with Gasteiger partial charge in [-0.2, -0.15) is 0 Å². The van der Waals surface area contributed by atoms with Gasteiger partial charge in [-0.05, 0) is 35.7 Å². The molecule has 3 heterocycles. The lowest BCUT2D eigenvalue weighted by Gasteiger charge is -2.13. The van der Waals surface area contributed by atoms with Crippen LogP contribution in [0.5, 0.6) is 5.75 Å². The van der Waals surface area contributed by atoms with Crippen LogP contribution in [0.2, 0.25) is 0 Å². The van der Waals surface area contributed by atoms with Crippen LogP contribution in [0.15, 0.2) is 73.3 Å². The Kier molecular flexibility index (Phi) is 4.93. The second kappa shape index (κ2) is 8.04. The van der Waals surface area contributed by atoms with Crippen LogP contribution in [0, 0.1) is 0 Å². The molecule has 7 nitrogen and oxygen atoms in total. The smallest absolute Gasteiger partial charge is 0.220 e. The van der Waals surface area contributed by atoms with Crippen LogP contribution >= 0.6 is 0 Å². The van der Waals surface area contributed by atoms with E-state index in [1.54, 1.807) is 18.6 Å². The normalized spacial score (nSPS) is 12.3. The van der Waals surface area contributed by atoms with Gasteiger partial charge in [0.2, 0.25) is 5.95 Å². The summed E-state index contributed by atoms with van der Waals surface area (Å²) in [6.45, 7) is 0.395. The highest BCUT2D eigenvalue weighted by Crippen LogP contribution is 2.26. The maximum Gasteiger partial charge on any atom is 0.220 e. The van der Waals surface area contributed by atoms with Gasteiger partial charge in [-0.1, -0.05) is 30.3 Å². The number of fused-ring (bicyclic) bond motifs is 2. The highest BCUT2D eigenvalue weighted by atomic mass is 16.5. The van der Waals surface area contributed by atoms with Gasteiger partial charge < -0.3 is 21.2 Å². The second-order valence-corrected chi connectivity index (χ2v) is 7.55. The summed E-state index contributed by atoms with van der Waals surface area (Å²) >= 11 is 0. The molecule has 0 fully saturated rings. The Morgan fingerprint density at radius 2 is 1.90 bits per heavy atom. The molecule has 5 rings (SSSR count). The summed E-state index contributed by atoms with van der Waals surface area (Å²) in [5, 5.41) is 2.13. The van der Waals surface area contributed by atoms with Gasteiger partial charge in [0.15, 0.2) is 0 Å². The Morgan fingerprint density at radius 1 is 1.00 bits per heavy atom. The van der Waals surface area contributed by atoms with Crippen molar-refractivity contribution in [3.05, 3.63) is 78.9 Å². The largest absolute Gasteiger partial charge is 0.490 e. The number of anilines is 1. The summed E-state index contributed by atoms with van der Waals surface area (Å²) in [6.07, 6.45) is 7.95. The second-order valence-electron chi connectivity index (χ2n) is 7.55. The zero-order valence-electron chi connectivity index (χ0n) is 16.8. The first-order chi connectivity index (χ1) is 15.2. The fourth-order valence-electron chi connectivity index (χ4n) is 3.72. The Morgan fingerprint density at radius 3 is 2.84 bits per heavy atom. The summed E-state index contributed by atoms with van der Waals surface area (Å²) < 4.78 is 5.95. The fraction of sp³-hybridized carbons (Fsp3) is 0.125. The molecule has 0 aliphatic rings. The molecule has 5 aromatic rings. The third-order valence-corrected chi connectivity index (χ3v) is 5.27. The number of benzene rings is 2. The molecule has 154 valence electrons. The molecule has 2 aromatic carbocycles. The van der Waals surface area contributed by atoms with Gasteiger partial charge in [-0.15, -0.1) is 0 Å². The number of para-hydroxylation sites is 1. The van der Waals surface area contributed by atoms with Crippen molar-refractivity contribution in [2.75, 3.05) is 12.3 Å². The standard InChI is InChI=1S/C24H22N6O/c25-19(7-18-12-28-22-4-2-1-3-21(18)22)14-31-20-8-17(10-27-13-20)15-5-6-16-11-29-24(26)30-23(16)9-15/h1-6,8-13,19,28H,7,14,25H2,(H2,26,29,30)/t19-/m0/s1. The third-order valence-electron chi connectivity index (χ3n) is 5.27. The predicted molar refractivity (Wildman–Crippen MR) is 123 cm³/mol. The highest BCUT2D eigenvalue weighted by Gasteiger charge is 2.10. The van der Waals surface area contributed by atoms with Gasteiger partial charge in [0.25, 0.3) is 0 Å². The van der Waals surface area contributed by atoms with Crippen molar-refractivity contribution < 1.29 is 4.74 Å². The van der Waals surface area contributed by atoms with Crippen molar-refractivity contribution in [3.8, 4) is 16.9 Å². The number of hydrogen-bond donors (Lipinski definition) is 3. The van der Waals surface area contributed by atoms with E-state index in [1.807, 2.05) is 42.6 Å². The number of hydrogen-bond acceptors (Lipinski definition) is 6. The molecule has 31 heavy (non-hydrogen) atoms. The minimum atomic E-state index is -0.136. The van der Waals surface area contributed by atoms with Crippen LogP contribution in [0.25, 0.3) is 32.9 Å². The van der Waals surface area contributed by atoms with E-state index in [4.69, 9.17) is 16.2 Å². The zero-order valence-corrected chi connectivity index (χ0v) is 16.8. The maximum atomic E-state index is 6.34. The molecule has 3 aromatic heterocycles. The number of aromatic amines is 1. The van der Waals surface area contributed by atoms with Crippen molar-refractivity contribution >= 4 is 27.8 Å². The van der Waals surface area contributed by atoms with Gasteiger partial charge in [-0.25, -0.2) is 9.97 Å². The number of pyridine rings is 1. The van der Waals surface area contributed by atoms with Crippen molar-refractivity contribution in [2.45, 2.75) is 12.5 Å². The van der Waals surface area contributed by atoms with Crippen LogP contribution in [0.4, 0.5) is 5.95 Å². The Balaban J connectivity index is 1.29. The van der Waals surface area contributed by atoms with Crippen LogP contribution in [-0.4, -0.2) is 32.6 Å². The monoisotopic (exact) mass is 410 g/mol. The first-order valence-electron chi connectivity index (χ1n) is 10.1. The van der Waals surface area contributed by atoms with Crippen LogP contribution in [0.3, 0.4) is 0 Å². The topological polar surface area (TPSA) is 116 Å². The number of nitrogens with zero attached hydrogens (tertiary/aromatic N) is 3. The number of aromatic nitrogens is 4. The van der Waals surface area contributed by atoms with Gasteiger partial charge >= 0.3 is 0 Å². The van der Waals surface area contributed by atoms with E-state index in [-0.39, 0.29) is 12.0 Å². The molecule has 0 aliphatic heterocycles. The minimum Gasteiger partial charge on any atom is -0.490 e.